The minimum absolute atomic E-state index is 0.223. The van der Waals surface area contributed by atoms with Crippen molar-refractivity contribution in [1.29, 1.82) is 0 Å². The minimum Gasteiger partial charge on any atom is -0.224 e. The molecule has 1 heterocycles. The number of para-hydroxylation sites is 1. The fraction of sp³-hybridized carbons (Fsp3) is 0.125. The third kappa shape index (κ3) is 0.886. The Kier molecular flexibility index (Phi) is 1.32. The van der Waals surface area contributed by atoms with Gasteiger partial charge in [-0.05, 0) is 12.1 Å². The summed E-state index contributed by atoms with van der Waals surface area (Å²) < 4.78 is 3.35. The van der Waals surface area contributed by atoms with Crippen LogP contribution >= 0.6 is 10.7 Å². The molecule has 2 nitrogen and oxygen atoms in total. The molecule has 0 radical (unpaired) electrons. The standard InChI is InChI=1S/C8H7NOS/c1-11-8(10)6-4-2-3-5-7(6)9-11/h2-5H,1H3/p+1. The summed E-state index contributed by atoms with van der Waals surface area (Å²) in [6.07, 6.45) is 1.91. The van der Waals surface area contributed by atoms with E-state index in [9.17, 15) is 4.79 Å². The monoisotopic (exact) mass is 166 g/mol. The van der Waals surface area contributed by atoms with E-state index in [0.29, 0.717) is 0 Å². The molecule has 0 aliphatic rings. The van der Waals surface area contributed by atoms with Gasteiger partial charge in [-0.3, -0.25) is 0 Å². The SMILES string of the molecule is C[s+]1[nH]c2ccccc2c1=O. The Morgan fingerprint density at radius 2 is 2.09 bits per heavy atom. The molecular weight excluding hydrogens is 158 g/mol. The zero-order valence-corrected chi connectivity index (χ0v) is 6.94. The number of aromatic amines is 1. The molecule has 2 aromatic rings. The van der Waals surface area contributed by atoms with Gasteiger partial charge in [-0.2, -0.15) is 4.37 Å². The number of aryl methyl sites for hydroxylation is 1. The fourth-order valence-electron chi connectivity index (χ4n) is 1.13. The first-order chi connectivity index (χ1) is 5.29. The van der Waals surface area contributed by atoms with Crippen molar-refractivity contribution < 1.29 is 0 Å². The third-order valence-corrected chi connectivity index (χ3v) is 2.99. The second-order valence-corrected chi connectivity index (χ2v) is 4.04. The normalized spacial score (nSPS) is 12.3. The van der Waals surface area contributed by atoms with Crippen LogP contribution in [0.25, 0.3) is 10.9 Å². The molecule has 0 spiro atoms. The van der Waals surface area contributed by atoms with Crippen molar-refractivity contribution in [1.82, 2.24) is 4.37 Å². The molecule has 0 saturated heterocycles. The van der Waals surface area contributed by atoms with Crippen molar-refractivity contribution in [3.8, 4) is 0 Å². The average Bonchev–Trinajstić information content (AvgIpc) is 2.30. The van der Waals surface area contributed by atoms with Crippen LogP contribution in [-0.4, -0.2) is 4.37 Å². The average molecular weight is 166 g/mol. The maximum Gasteiger partial charge on any atom is 0.404 e. The number of hydrogen-bond donors (Lipinski definition) is 1. The van der Waals surface area contributed by atoms with E-state index >= 15 is 0 Å². The number of rotatable bonds is 0. The topological polar surface area (TPSA) is 32.9 Å². The van der Waals surface area contributed by atoms with Gasteiger partial charge >= 0.3 is 4.74 Å². The summed E-state index contributed by atoms with van der Waals surface area (Å²) >= 11 is 0. The maximum absolute atomic E-state index is 11.3. The van der Waals surface area contributed by atoms with Crippen LogP contribution in [0.4, 0.5) is 0 Å². The van der Waals surface area contributed by atoms with E-state index in [-0.39, 0.29) is 15.4 Å². The van der Waals surface area contributed by atoms with E-state index in [1.807, 2.05) is 30.5 Å². The molecule has 0 aliphatic heterocycles. The molecule has 0 saturated carbocycles. The highest BCUT2D eigenvalue weighted by Crippen LogP contribution is 2.12. The van der Waals surface area contributed by atoms with E-state index in [4.69, 9.17) is 0 Å². The van der Waals surface area contributed by atoms with E-state index < -0.39 is 0 Å². The van der Waals surface area contributed by atoms with Gasteiger partial charge in [-0.25, -0.2) is 4.79 Å². The number of nitrogens with one attached hydrogen (secondary N) is 1. The first-order valence-electron chi connectivity index (χ1n) is 3.35. The highest BCUT2D eigenvalue weighted by atomic mass is 32.2. The fourth-order valence-corrected chi connectivity index (χ4v) is 2.23. The summed E-state index contributed by atoms with van der Waals surface area (Å²) in [5, 5.41) is 0.832. The molecule has 1 atom stereocenters. The molecule has 1 unspecified atom stereocenters. The number of H-pyrrole nitrogens is 1. The lowest BCUT2D eigenvalue weighted by molar-refractivity contribution is 1.64. The molecule has 56 valence electrons. The van der Waals surface area contributed by atoms with Gasteiger partial charge < -0.3 is 0 Å². The van der Waals surface area contributed by atoms with Crippen LogP contribution in [0.1, 0.15) is 0 Å². The summed E-state index contributed by atoms with van der Waals surface area (Å²) in [5.74, 6) is 0. The Labute approximate surface area is 66.6 Å². The van der Waals surface area contributed by atoms with Crippen LogP contribution in [0.15, 0.2) is 29.1 Å². The largest absolute Gasteiger partial charge is 0.404 e. The van der Waals surface area contributed by atoms with Gasteiger partial charge in [0.2, 0.25) is 0 Å². The summed E-state index contributed by atoms with van der Waals surface area (Å²) in [5.41, 5.74) is 0.975. The Bertz CT molecular complexity index is 441. The second-order valence-electron chi connectivity index (χ2n) is 2.45. The molecule has 0 fully saturated rings. The van der Waals surface area contributed by atoms with Gasteiger partial charge in [-0.15, -0.1) is 0 Å². The van der Waals surface area contributed by atoms with E-state index in [1.165, 1.54) is 0 Å². The van der Waals surface area contributed by atoms with Gasteiger partial charge in [0.1, 0.15) is 27.8 Å². The zero-order valence-electron chi connectivity index (χ0n) is 6.13. The van der Waals surface area contributed by atoms with Gasteiger partial charge in [0.25, 0.3) is 0 Å². The van der Waals surface area contributed by atoms with Crippen LogP contribution in [0.2, 0.25) is 0 Å². The molecular formula is C8H8NOS+. The lowest BCUT2D eigenvalue weighted by atomic mass is 10.3. The summed E-state index contributed by atoms with van der Waals surface area (Å²) in [7, 11) is -0.303. The van der Waals surface area contributed by atoms with Gasteiger partial charge in [0.05, 0.1) is 0 Å². The predicted molar refractivity (Wildman–Crippen MR) is 48.0 cm³/mol. The Morgan fingerprint density at radius 1 is 1.36 bits per heavy atom. The highest BCUT2D eigenvalue weighted by Gasteiger charge is 2.10. The molecule has 0 amide bonds. The van der Waals surface area contributed by atoms with Gasteiger partial charge in [-0.1, -0.05) is 12.1 Å². The van der Waals surface area contributed by atoms with E-state index in [1.54, 1.807) is 0 Å². The van der Waals surface area contributed by atoms with Crippen molar-refractivity contribution in [3.63, 3.8) is 0 Å². The minimum atomic E-state index is -0.303. The molecule has 1 aromatic carbocycles. The summed E-state index contributed by atoms with van der Waals surface area (Å²) in [6, 6.07) is 7.62. The number of fused-ring (bicyclic) bond motifs is 1. The van der Waals surface area contributed by atoms with Crippen LogP contribution in [0.3, 0.4) is 0 Å². The van der Waals surface area contributed by atoms with Crippen molar-refractivity contribution in [2.75, 3.05) is 0 Å². The number of aromatic nitrogens is 1. The zero-order chi connectivity index (χ0) is 7.84. The molecule has 11 heavy (non-hydrogen) atoms. The predicted octanol–water partition coefficient (Wildman–Crippen LogP) is 1.81. The Morgan fingerprint density at radius 3 is 2.82 bits per heavy atom. The summed E-state index contributed by atoms with van der Waals surface area (Å²) in [6.45, 7) is 0. The maximum atomic E-state index is 11.3. The molecule has 2 rings (SSSR count). The molecule has 0 aliphatic carbocycles. The molecule has 1 aromatic heterocycles. The van der Waals surface area contributed by atoms with E-state index in [2.05, 4.69) is 4.37 Å². The second kappa shape index (κ2) is 2.20. The first-order valence-corrected chi connectivity index (χ1v) is 4.98. The molecule has 3 heteroatoms. The van der Waals surface area contributed by atoms with Crippen molar-refractivity contribution in [2.24, 2.45) is 6.26 Å². The highest BCUT2D eigenvalue weighted by molar-refractivity contribution is 7.23. The number of hydrogen-bond acceptors (Lipinski definition) is 1. The number of benzene rings is 1. The summed E-state index contributed by atoms with van der Waals surface area (Å²) in [4.78, 5) is 11.3. The Hall–Kier alpha value is -1.09. The quantitative estimate of drug-likeness (QED) is 0.595. The lowest BCUT2D eigenvalue weighted by Crippen LogP contribution is -1.90. The van der Waals surface area contributed by atoms with Crippen LogP contribution < -0.4 is 4.74 Å². The van der Waals surface area contributed by atoms with Crippen molar-refractivity contribution >= 4 is 21.6 Å². The smallest absolute Gasteiger partial charge is 0.224 e. The molecule has 1 N–H and O–H groups in total. The van der Waals surface area contributed by atoms with Crippen molar-refractivity contribution in [2.45, 2.75) is 0 Å². The van der Waals surface area contributed by atoms with Crippen molar-refractivity contribution in [3.05, 3.63) is 33.8 Å². The van der Waals surface area contributed by atoms with Crippen LogP contribution in [0, 0.1) is 0 Å². The first kappa shape index (κ1) is 6.61. The third-order valence-electron chi connectivity index (χ3n) is 1.69. The van der Waals surface area contributed by atoms with Crippen LogP contribution in [-0.2, 0) is 6.26 Å². The van der Waals surface area contributed by atoms with Gasteiger partial charge in [0, 0.05) is 0 Å². The Balaban J connectivity index is 3.04. The van der Waals surface area contributed by atoms with E-state index in [0.717, 1.165) is 10.9 Å². The lowest BCUT2D eigenvalue weighted by Gasteiger charge is -1.78. The van der Waals surface area contributed by atoms with Gasteiger partial charge in [0.15, 0.2) is 0 Å². The van der Waals surface area contributed by atoms with Crippen LogP contribution in [0.5, 0.6) is 0 Å². The molecule has 0 bridgehead atoms.